The van der Waals surface area contributed by atoms with E-state index in [0.29, 0.717) is 6.42 Å². The van der Waals surface area contributed by atoms with Crippen LogP contribution in [0.25, 0.3) is 10.2 Å². The largest absolute Gasteiger partial charge is 0.290 e. The van der Waals surface area contributed by atoms with Gasteiger partial charge in [-0.25, -0.2) is 4.98 Å². The van der Waals surface area contributed by atoms with Crippen LogP contribution >= 0.6 is 11.3 Å². The average molecular weight is 176 g/mol. The zero-order chi connectivity index (χ0) is 8.39. The van der Waals surface area contributed by atoms with Crippen molar-refractivity contribution in [2.24, 2.45) is 0 Å². The van der Waals surface area contributed by atoms with Gasteiger partial charge in [0.2, 0.25) is 6.29 Å². The summed E-state index contributed by atoms with van der Waals surface area (Å²) in [6.45, 7) is 0. The van der Waals surface area contributed by atoms with Crippen LogP contribution in [0.4, 0.5) is 0 Å². The Morgan fingerprint density at radius 2 is 2.25 bits per heavy atom. The van der Waals surface area contributed by atoms with Crippen molar-refractivity contribution < 1.29 is 4.79 Å². The lowest BCUT2D eigenvalue weighted by molar-refractivity contribution is 0.555. The number of fused-ring (bicyclic) bond motifs is 1. The Hall–Kier alpha value is -1.22. The minimum atomic E-state index is 0.305. The molecule has 0 saturated heterocycles. The first-order valence-electron chi connectivity index (χ1n) is 3.59. The molecule has 0 unspecified atom stereocenters. The maximum atomic E-state index is 10.1. The van der Waals surface area contributed by atoms with E-state index in [1.165, 1.54) is 0 Å². The summed E-state index contributed by atoms with van der Waals surface area (Å²) >= 11 is 1.55. The lowest BCUT2D eigenvalue weighted by atomic mass is 10.3. The monoisotopic (exact) mass is 176 g/mol. The number of aromatic nitrogens is 1. The van der Waals surface area contributed by atoms with E-state index >= 15 is 0 Å². The molecule has 1 aromatic carbocycles. The number of hydrogen-bond acceptors (Lipinski definition) is 3. The number of rotatable bonds is 2. The third-order valence-corrected chi connectivity index (χ3v) is 2.60. The van der Waals surface area contributed by atoms with Crippen molar-refractivity contribution in [1.29, 1.82) is 0 Å². The average Bonchev–Trinajstić information content (AvgIpc) is 2.47. The first kappa shape index (κ1) is 7.43. The van der Waals surface area contributed by atoms with Crippen LogP contribution in [-0.2, 0) is 11.2 Å². The summed E-state index contributed by atoms with van der Waals surface area (Å²) in [7, 11) is 0. The second-order valence-corrected chi connectivity index (χ2v) is 3.51. The molecule has 1 heterocycles. The highest BCUT2D eigenvalue weighted by Gasteiger charge is 2.01. The van der Waals surface area contributed by atoms with Crippen LogP contribution in [-0.4, -0.2) is 11.3 Å². The first-order valence-corrected chi connectivity index (χ1v) is 4.41. The molecule has 0 fully saturated rings. The number of hydrogen-bond donors (Lipinski definition) is 0. The molecule has 59 valence electrons. The van der Waals surface area contributed by atoms with Crippen LogP contribution in [0, 0.1) is 0 Å². The molecule has 0 bridgehead atoms. The molecule has 2 nitrogen and oxygen atoms in total. The quantitative estimate of drug-likeness (QED) is 0.700. The van der Waals surface area contributed by atoms with Gasteiger partial charge < -0.3 is 0 Å². The van der Waals surface area contributed by atoms with Gasteiger partial charge in [-0.3, -0.25) is 4.79 Å². The van der Waals surface area contributed by atoms with Crippen LogP contribution in [0.5, 0.6) is 0 Å². The number of carbonyl (C=O) groups excluding carboxylic acids is 1. The van der Waals surface area contributed by atoms with E-state index in [0.717, 1.165) is 15.2 Å². The summed E-state index contributed by atoms with van der Waals surface area (Å²) < 4.78 is 1.13. The molecule has 12 heavy (non-hydrogen) atoms. The van der Waals surface area contributed by atoms with Crippen molar-refractivity contribution >= 4 is 27.8 Å². The van der Waals surface area contributed by atoms with Gasteiger partial charge in [0, 0.05) is 0 Å². The van der Waals surface area contributed by atoms with E-state index in [-0.39, 0.29) is 0 Å². The molecular formula is C9H6NOS. The molecule has 0 atom stereocenters. The highest BCUT2D eigenvalue weighted by atomic mass is 32.1. The van der Waals surface area contributed by atoms with Crippen molar-refractivity contribution in [3.63, 3.8) is 0 Å². The lowest BCUT2D eigenvalue weighted by Gasteiger charge is -1.80. The topological polar surface area (TPSA) is 30.0 Å². The van der Waals surface area contributed by atoms with Crippen LogP contribution in [0.1, 0.15) is 5.01 Å². The minimum Gasteiger partial charge on any atom is -0.290 e. The van der Waals surface area contributed by atoms with E-state index in [1.54, 1.807) is 11.3 Å². The molecule has 0 N–H and O–H groups in total. The zero-order valence-electron chi connectivity index (χ0n) is 6.28. The van der Waals surface area contributed by atoms with Gasteiger partial charge in [-0.2, -0.15) is 0 Å². The van der Waals surface area contributed by atoms with Crippen LogP contribution in [0.2, 0.25) is 0 Å². The van der Waals surface area contributed by atoms with Gasteiger partial charge in [0.15, 0.2) is 0 Å². The standard InChI is InChI=1S/C9H6NOS/c11-6-5-9-10-7-3-1-2-4-8(7)12-9/h1-4H,5H2. The smallest absolute Gasteiger partial charge is 0.205 e. The van der Waals surface area contributed by atoms with Crippen LogP contribution < -0.4 is 0 Å². The van der Waals surface area contributed by atoms with Gasteiger partial charge in [0.25, 0.3) is 0 Å². The Morgan fingerprint density at radius 3 is 3.00 bits per heavy atom. The van der Waals surface area contributed by atoms with Gasteiger partial charge in [0.05, 0.1) is 16.6 Å². The molecule has 1 aromatic heterocycles. The fraction of sp³-hybridized carbons (Fsp3) is 0.111. The van der Waals surface area contributed by atoms with Crippen LogP contribution in [0.15, 0.2) is 24.3 Å². The third-order valence-electron chi connectivity index (χ3n) is 1.56. The fourth-order valence-electron chi connectivity index (χ4n) is 1.06. The number of nitrogens with zero attached hydrogens (tertiary/aromatic N) is 1. The predicted molar refractivity (Wildman–Crippen MR) is 49.0 cm³/mol. The van der Waals surface area contributed by atoms with Gasteiger partial charge in [-0.15, -0.1) is 11.3 Å². The second kappa shape index (κ2) is 3.03. The van der Waals surface area contributed by atoms with Gasteiger partial charge in [-0.1, -0.05) is 12.1 Å². The zero-order valence-corrected chi connectivity index (χ0v) is 7.10. The molecule has 2 rings (SSSR count). The van der Waals surface area contributed by atoms with Crippen molar-refractivity contribution in [2.45, 2.75) is 6.42 Å². The molecular weight excluding hydrogens is 170 g/mol. The molecule has 0 amide bonds. The maximum Gasteiger partial charge on any atom is 0.205 e. The molecule has 0 aliphatic carbocycles. The molecule has 2 aromatic rings. The SMILES string of the molecule is O=[C]Cc1nc2ccccc2s1. The Kier molecular flexibility index (Phi) is 1.87. The Morgan fingerprint density at radius 1 is 1.42 bits per heavy atom. The minimum absolute atomic E-state index is 0.305. The summed E-state index contributed by atoms with van der Waals surface area (Å²) in [4.78, 5) is 14.4. The fourth-order valence-corrected chi connectivity index (χ4v) is 1.95. The van der Waals surface area contributed by atoms with Crippen molar-refractivity contribution in [1.82, 2.24) is 4.98 Å². The second-order valence-electron chi connectivity index (χ2n) is 2.40. The Bertz CT molecular complexity index is 375. The number of benzene rings is 1. The molecule has 0 saturated carbocycles. The highest BCUT2D eigenvalue weighted by molar-refractivity contribution is 7.18. The molecule has 0 spiro atoms. The van der Waals surface area contributed by atoms with Gasteiger partial charge in [-0.05, 0) is 12.1 Å². The summed E-state index contributed by atoms with van der Waals surface area (Å²) in [6.07, 6.45) is 2.15. The summed E-state index contributed by atoms with van der Waals surface area (Å²) in [6, 6.07) is 7.85. The lowest BCUT2D eigenvalue weighted by Crippen LogP contribution is -1.81. The molecule has 0 aliphatic rings. The normalized spacial score (nSPS) is 10.3. The Labute approximate surface area is 73.9 Å². The predicted octanol–water partition coefficient (Wildman–Crippen LogP) is 1.95. The van der Waals surface area contributed by atoms with Crippen molar-refractivity contribution in [3.8, 4) is 0 Å². The van der Waals surface area contributed by atoms with E-state index in [9.17, 15) is 4.79 Å². The van der Waals surface area contributed by atoms with Crippen molar-refractivity contribution in [2.75, 3.05) is 0 Å². The third kappa shape index (κ3) is 1.23. The summed E-state index contributed by atoms with van der Waals surface area (Å²) in [5.41, 5.74) is 0.966. The van der Waals surface area contributed by atoms with E-state index < -0.39 is 0 Å². The highest BCUT2D eigenvalue weighted by Crippen LogP contribution is 2.21. The summed E-state index contributed by atoms with van der Waals surface area (Å²) in [5.74, 6) is 0. The number of thiazole rings is 1. The Balaban J connectivity index is 2.54. The maximum absolute atomic E-state index is 10.1. The van der Waals surface area contributed by atoms with Gasteiger partial charge in [0.1, 0.15) is 5.01 Å². The van der Waals surface area contributed by atoms with Crippen molar-refractivity contribution in [3.05, 3.63) is 29.3 Å². The van der Waals surface area contributed by atoms with Crippen LogP contribution in [0.3, 0.4) is 0 Å². The number of para-hydroxylation sites is 1. The van der Waals surface area contributed by atoms with E-state index in [1.807, 2.05) is 30.6 Å². The van der Waals surface area contributed by atoms with Gasteiger partial charge >= 0.3 is 0 Å². The molecule has 0 aliphatic heterocycles. The van der Waals surface area contributed by atoms with E-state index in [2.05, 4.69) is 4.98 Å². The van der Waals surface area contributed by atoms with E-state index in [4.69, 9.17) is 0 Å². The summed E-state index contributed by atoms with van der Waals surface area (Å²) in [5, 5.41) is 0.839. The molecule has 3 heteroatoms. The first-order chi connectivity index (χ1) is 5.90. The molecule has 1 radical (unpaired) electrons.